The highest BCUT2D eigenvalue weighted by Gasteiger charge is 2.22. The molecule has 0 unspecified atom stereocenters. The molecule has 1 fully saturated rings. The number of amides is 2. The maximum Gasteiger partial charge on any atom is 0.321 e. The van der Waals surface area contributed by atoms with Crippen molar-refractivity contribution in [2.24, 2.45) is 0 Å². The standard InChI is InChI=1S/C17H21N5O/c1-2-14-4-6-15(7-5-14)20-17(23)22-12-10-21(11-13-22)16-18-8-3-9-19-16/h3-9H,2,10-13H2,1H3,(H,20,23). The predicted molar refractivity (Wildman–Crippen MR) is 90.7 cm³/mol. The molecule has 1 aliphatic heterocycles. The Labute approximate surface area is 136 Å². The molecule has 6 heteroatoms. The Kier molecular flexibility index (Phi) is 4.71. The summed E-state index contributed by atoms with van der Waals surface area (Å²) in [7, 11) is 0. The minimum Gasteiger partial charge on any atom is -0.337 e. The zero-order valence-electron chi connectivity index (χ0n) is 13.3. The fraction of sp³-hybridized carbons (Fsp3) is 0.353. The second-order valence-electron chi connectivity index (χ2n) is 5.50. The van der Waals surface area contributed by atoms with Crippen LogP contribution in [-0.2, 0) is 6.42 Å². The predicted octanol–water partition coefficient (Wildman–Crippen LogP) is 2.39. The van der Waals surface area contributed by atoms with Crippen molar-refractivity contribution in [3.63, 3.8) is 0 Å². The quantitative estimate of drug-likeness (QED) is 0.945. The number of anilines is 2. The molecule has 0 radical (unpaired) electrons. The normalized spacial score (nSPS) is 14.7. The SMILES string of the molecule is CCc1ccc(NC(=O)N2CCN(c3ncccn3)CC2)cc1. The topological polar surface area (TPSA) is 61.4 Å². The van der Waals surface area contributed by atoms with Gasteiger partial charge in [0.25, 0.3) is 0 Å². The minimum atomic E-state index is -0.0529. The second-order valence-corrected chi connectivity index (χ2v) is 5.50. The van der Waals surface area contributed by atoms with Crippen molar-refractivity contribution < 1.29 is 4.79 Å². The van der Waals surface area contributed by atoms with Gasteiger partial charge in [0, 0.05) is 44.3 Å². The average molecular weight is 311 g/mol. The molecular formula is C17H21N5O. The summed E-state index contributed by atoms with van der Waals surface area (Å²) in [6.45, 7) is 4.93. The third-order valence-corrected chi connectivity index (χ3v) is 4.02. The maximum atomic E-state index is 12.3. The number of benzene rings is 1. The van der Waals surface area contributed by atoms with Gasteiger partial charge in [0.05, 0.1) is 0 Å². The zero-order valence-corrected chi connectivity index (χ0v) is 13.3. The Morgan fingerprint density at radius 2 is 1.74 bits per heavy atom. The van der Waals surface area contributed by atoms with Gasteiger partial charge in [0.15, 0.2) is 0 Å². The molecule has 2 amide bonds. The van der Waals surface area contributed by atoms with Gasteiger partial charge in [-0.25, -0.2) is 14.8 Å². The monoisotopic (exact) mass is 311 g/mol. The van der Waals surface area contributed by atoms with Gasteiger partial charge in [0.2, 0.25) is 5.95 Å². The molecular weight excluding hydrogens is 290 g/mol. The first-order chi connectivity index (χ1) is 11.3. The maximum absolute atomic E-state index is 12.3. The Morgan fingerprint density at radius 3 is 2.35 bits per heavy atom. The van der Waals surface area contributed by atoms with Crippen LogP contribution in [-0.4, -0.2) is 47.1 Å². The third kappa shape index (κ3) is 3.77. The number of urea groups is 1. The highest BCUT2D eigenvalue weighted by atomic mass is 16.2. The fourth-order valence-electron chi connectivity index (χ4n) is 2.59. The van der Waals surface area contributed by atoms with Gasteiger partial charge in [-0.1, -0.05) is 19.1 Å². The van der Waals surface area contributed by atoms with Crippen molar-refractivity contribution >= 4 is 17.7 Å². The highest BCUT2D eigenvalue weighted by molar-refractivity contribution is 5.89. The number of carbonyl (C=O) groups is 1. The second kappa shape index (κ2) is 7.09. The van der Waals surface area contributed by atoms with Crippen LogP contribution in [0.3, 0.4) is 0 Å². The van der Waals surface area contributed by atoms with Crippen molar-refractivity contribution in [2.75, 3.05) is 36.4 Å². The van der Waals surface area contributed by atoms with Crippen LogP contribution in [0, 0.1) is 0 Å². The third-order valence-electron chi connectivity index (χ3n) is 4.02. The van der Waals surface area contributed by atoms with Crippen LogP contribution in [0.15, 0.2) is 42.7 Å². The first-order valence-electron chi connectivity index (χ1n) is 7.93. The van der Waals surface area contributed by atoms with Crippen molar-refractivity contribution in [3.05, 3.63) is 48.3 Å². The summed E-state index contributed by atoms with van der Waals surface area (Å²) in [5.41, 5.74) is 2.10. The van der Waals surface area contributed by atoms with Gasteiger partial charge in [0.1, 0.15) is 0 Å². The molecule has 3 rings (SSSR count). The number of hydrogen-bond acceptors (Lipinski definition) is 4. The Balaban J connectivity index is 1.53. The molecule has 0 spiro atoms. The summed E-state index contributed by atoms with van der Waals surface area (Å²) in [6.07, 6.45) is 4.47. The van der Waals surface area contributed by atoms with E-state index in [2.05, 4.69) is 27.1 Å². The van der Waals surface area contributed by atoms with Crippen LogP contribution < -0.4 is 10.2 Å². The van der Waals surface area contributed by atoms with E-state index in [1.165, 1.54) is 5.56 Å². The Morgan fingerprint density at radius 1 is 1.09 bits per heavy atom. The van der Waals surface area contributed by atoms with Crippen molar-refractivity contribution in [3.8, 4) is 0 Å². The van der Waals surface area contributed by atoms with E-state index in [1.807, 2.05) is 29.2 Å². The molecule has 1 aromatic heterocycles. The van der Waals surface area contributed by atoms with Gasteiger partial charge in [-0.2, -0.15) is 0 Å². The Bertz CT molecular complexity index is 636. The molecule has 1 saturated heterocycles. The highest BCUT2D eigenvalue weighted by Crippen LogP contribution is 2.13. The lowest BCUT2D eigenvalue weighted by molar-refractivity contribution is 0.208. The first kappa shape index (κ1) is 15.3. The van der Waals surface area contributed by atoms with E-state index in [0.717, 1.165) is 31.1 Å². The molecule has 120 valence electrons. The molecule has 0 atom stereocenters. The lowest BCUT2D eigenvalue weighted by Crippen LogP contribution is -2.50. The van der Waals surface area contributed by atoms with Crippen LogP contribution >= 0.6 is 0 Å². The Hall–Kier alpha value is -2.63. The number of aromatic nitrogens is 2. The molecule has 1 aliphatic rings. The van der Waals surface area contributed by atoms with E-state index in [9.17, 15) is 4.79 Å². The van der Waals surface area contributed by atoms with Gasteiger partial charge in [-0.05, 0) is 30.2 Å². The number of rotatable bonds is 3. The number of nitrogens with zero attached hydrogens (tertiary/aromatic N) is 4. The summed E-state index contributed by atoms with van der Waals surface area (Å²) in [5.74, 6) is 0.725. The van der Waals surface area contributed by atoms with Crippen molar-refractivity contribution in [1.82, 2.24) is 14.9 Å². The van der Waals surface area contributed by atoms with Crippen molar-refractivity contribution in [2.45, 2.75) is 13.3 Å². The van der Waals surface area contributed by atoms with E-state index >= 15 is 0 Å². The van der Waals surface area contributed by atoms with E-state index in [0.29, 0.717) is 13.1 Å². The molecule has 2 heterocycles. The molecule has 1 N–H and O–H groups in total. The van der Waals surface area contributed by atoms with Gasteiger partial charge >= 0.3 is 6.03 Å². The average Bonchev–Trinajstić information content (AvgIpc) is 2.63. The van der Waals surface area contributed by atoms with Gasteiger partial charge < -0.3 is 15.1 Å². The molecule has 6 nitrogen and oxygen atoms in total. The molecule has 0 bridgehead atoms. The van der Waals surface area contributed by atoms with E-state index < -0.39 is 0 Å². The molecule has 23 heavy (non-hydrogen) atoms. The smallest absolute Gasteiger partial charge is 0.321 e. The van der Waals surface area contributed by atoms with E-state index in [1.54, 1.807) is 18.5 Å². The van der Waals surface area contributed by atoms with Crippen LogP contribution in [0.4, 0.5) is 16.4 Å². The van der Waals surface area contributed by atoms with Crippen LogP contribution in [0.2, 0.25) is 0 Å². The largest absolute Gasteiger partial charge is 0.337 e. The molecule has 2 aromatic rings. The number of hydrogen-bond donors (Lipinski definition) is 1. The lowest BCUT2D eigenvalue weighted by Gasteiger charge is -2.34. The van der Waals surface area contributed by atoms with E-state index in [-0.39, 0.29) is 6.03 Å². The number of carbonyl (C=O) groups excluding carboxylic acids is 1. The lowest BCUT2D eigenvalue weighted by atomic mass is 10.1. The van der Waals surface area contributed by atoms with Crippen LogP contribution in [0.5, 0.6) is 0 Å². The molecule has 1 aromatic carbocycles. The van der Waals surface area contributed by atoms with Crippen LogP contribution in [0.25, 0.3) is 0 Å². The van der Waals surface area contributed by atoms with E-state index in [4.69, 9.17) is 0 Å². The number of nitrogens with one attached hydrogen (secondary N) is 1. The summed E-state index contributed by atoms with van der Waals surface area (Å²) < 4.78 is 0. The summed E-state index contributed by atoms with van der Waals surface area (Å²) in [5, 5.41) is 2.95. The molecule has 0 aliphatic carbocycles. The summed E-state index contributed by atoms with van der Waals surface area (Å²) in [4.78, 5) is 24.8. The van der Waals surface area contributed by atoms with Gasteiger partial charge in [-0.15, -0.1) is 0 Å². The van der Waals surface area contributed by atoms with Crippen LogP contribution in [0.1, 0.15) is 12.5 Å². The molecule has 0 saturated carbocycles. The summed E-state index contributed by atoms with van der Waals surface area (Å²) in [6, 6.07) is 9.73. The minimum absolute atomic E-state index is 0.0529. The first-order valence-corrected chi connectivity index (χ1v) is 7.93. The number of aryl methyl sites for hydroxylation is 1. The van der Waals surface area contributed by atoms with Crippen molar-refractivity contribution in [1.29, 1.82) is 0 Å². The zero-order chi connectivity index (χ0) is 16.1. The summed E-state index contributed by atoms with van der Waals surface area (Å²) >= 11 is 0. The fourth-order valence-corrected chi connectivity index (χ4v) is 2.59. The van der Waals surface area contributed by atoms with Gasteiger partial charge in [-0.3, -0.25) is 0 Å². The number of piperazine rings is 1.